The molecule has 0 atom stereocenters. The van der Waals surface area contributed by atoms with E-state index in [1.54, 1.807) is 18.2 Å². The van der Waals surface area contributed by atoms with Crippen LogP contribution in [-0.4, -0.2) is 33.6 Å². The molecule has 0 fully saturated rings. The Balaban J connectivity index is 1.53. The van der Waals surface area contributed by atoms with Crippen LogP contribution in [0.5, 0.6) is 11.5 Å². The number of aromatic nitrogens is 2. The molecule has 0 spiro atoms. The molecule has 0 unspecified atom stereocenters. The molecular weight excluding hydrogens is 446 g/mol. The van der Waals surface area contributed by atoms with Gasteiger partial charge in [0.2, 0.25) is 0 Å². The maximum absolute atomic E-state index is 12.7. The van der Waals surface area contributed by atoms with Gasteiger partial charge in [-0.25, -0.2) is 4.98 Å². The fourth-order valence-electron chi connectivity index (χ4n) is 3.58. The molecule has 0 aliphatic carbocycles. The summed E-state index contributed by atoms with van der Waals surface area (Å²) in [5.41, 5.74) is 3.55. The molecule has 6 nitrogen and oxygen atoms in total. The zero-order chi connectivity index (χ0) is 21.1. The number of aromatic amines is 1. The first-order valence-corrected chi connectivity index (χ1v) is 10.5. The highest BCUT2D eigenvalue weighted by Gasteiger charge is 2.20. The van der Waals surface area contributed by atoms with Gasteiger partial charge < -0.3 is 14.8 Å². The summed E-state index contributed by atoms with van der Waals surface area (Å²) in [4.78, 5) is 22.5. The van der Waals surface area contributed by atoms with Crippen LogP contribution in [0.1, 0.15) is 28.2 Å². The number of phenolic OH excluding ortho intramolecular Hbond substituents is 1. The smallest absolute Gasteiger partial charge is 0.255 e. The molecule has 2 aromatic carbocycles. The first-order chi connectivity index (χ1) is 14.5. The number of halogens is 1. The van der Waals surface area contributed by atoms with Crippen LogP contribution < -0.4 is 10.3 Å². The number of ether oxygens (including phenoxy) is 1. The number of nitrogens with zero attached hydrogens (tertiary/aromatic N) is 2. The first-order valence-electron chi connectivity index (χ1n) is 9.66. The van der Waals surface area contributed by atoms with Crippen LogP contribution in [0.3, 0.4) is 0 Å². The van der Waals surface area contributed by atoms with E-state index in [-0.39, 0.29) is 11.3 Å². The SMILES string of the molecule is COc1cc(/C=C/c2nc3c(c(=O)[nH]2)CN(Cc2ccccc2)CC3)cc(Br)c1O. The van der Waals surface area contributed by atoms with Crippen LogP contribution >= 0.6 is 15.9 Å². The molecular formula is C23H22BrN3O3. The van der Waals surface area contributed by atoms with Crippen molar-refractivity contribution < 1.29 is 9.84 Å². The lowest BCUT2D eigenvalue weighted by Gasteiger charge is -2.27. The van der Waals surface area contributed by atoms with Crippen LogP contribution in [0.2, 0.25) is 0 Å². The Morgan fingerprint density at radius 2 is 2.07 bits per heavy atom. The number of benzene rings is 2. The van der Waals surface area contributed by atoms with Crippen molar-refractivity contribution in [3.8, 4) is 11.5 Å². The van der Waals surface area contributed by atoms with E-state index in [0.717, 1.165) is 36.3 Å². The Morgan fingerprint density at radius 3 is 2.83 bits per heavy atom. The third kappa shape index (κ3) is 4.47. The Morgan fingerprint density at radius 1 is 1.27 bits per heavy atom. The third-order valence-corrected chi connectivity index (χ3v) is 5.72. The number of methoxy groups -OCH3 is 1. The molecule has 0 bridgehead atoms. The predicted octanol–water partition coefficient (Wildman–Crippen LogP) is 3.98. The average molecular weight is 468 g/mol. The number of aromatic hydroxyl groups is 1. The van der Waals surface area contributed by atoms with Gasteiger partial charge in [0.25, 0.3) is 5.56 Å². The second-order valence-electron chi connectivity index (χ2n) is 7.21. The summed E-state index contributed by atoms with van der Waals surface area (Å²) >= 11 is 3.31. The number of hydrogen-bond acceptors (Lipinski definition) is 5. The maximum Gasteiger partial charge on any atom is 0.255 e. The minimum absolute atomic E-state index is 0.0509. The van der Waals surface area contributed by atoms with E-state index >= 15 is 0 Å². The van der Waals surface area contributed by atoms with Crippen molar-refractivity contribution in [2.45, 2.75) is 19.5 Å². The summed E-state index contributed by atoms with van der Waals surface area (Å²) in [5, 5.41) is 9.93. The lowest BCUT2D eigenvalue weighted by molar-refractivity contribution is 0.241. The van der Waals surface area contributed by atoms with E-state index in [1.807, 2.05) is 24.3 Å². The molecule has 0 radical (unpaired) electrons. The van der Waals surface area contributed by atoms with Crippen molar-refractivity contribution in [1.29, 1.82) is 0 Å². The summed E-state index contributed by atoms with van der Waals surface area (Å²) in [7, 11) is 1.50. The van der Waals surface area contributed by atoms with Gasteiger partial charge >= 0.3 is 0 Å². The second-order valence-corrected chi connectivity index (χ2v) is 8.06. The topological polar surface area (TPSA) is 78.5 Å². The molecule has 2 N–H and O–H groups in total. The van der Waals surface area contributed by atoms with Gasteiger partial charge in [-0.2, -0.15) is 0 Å². The summed E-state index contributed by atoms with van der Waals surface area (Å²) in [5.74, 6) is 0.933. The number of nitrogens with one attached hydrogen (secondary N) is 1. The highest BCUT2D eigenvalue weighted by atomic mass is 79.9. The molecule has 7 heteroatoms. The maximum atomic E-state index is 12.7. The number of H-pyrrole nitrogens is 1. The molecule has 1 aliphatic rings. The van der Waals surface area contributed by atoms with E-state index < -0.39 is 0 Å². The van der Waals surface area contributed by atoms with Crippen molar-refractivity contribution in [3.05, 3.63) is 85.5 Å². The van der Waals surface area contributed by atoms with E-state index in [4.69, 9.17) is 4.74 Å². The zero-order valence-electron chi connectivity index (χ0n) is 16.6. The molecule has 3 aromatic rings. The van der Waals surface area contributed by atoms with Gasteiger partial charge in [0.1, 0.15) is 5.82 Å². The summed E-state index contributed by atoms with van der Waals surface area (Å²) < 4.78 is 5.71. The number of rotatable bonds is 5. The predicted molar refractivity (Wildman–Crippen MR) is 120 cm³/mol. The lowest BCUT2D eigenvalue weighted by atomic mass is 10.1. The van der Waals surface area contributed by atoms with E-state index in [9.17, 15) is 9.90 Å². The average Bonchev–Trinajstić information content (AvgIpc) is 2.75. The van der Waals surface area contributed by atoms with Crippen LogP contribution in [-0.2, 0) is 19.5 Å². The fraction of sp³-hybridized carbons (Fsp3) is 0.217. The molecule has 4 rings (SSSR count). The highest BCUT2D eigenvalue weighted by Crippen LogP contribution is 2.35. The quantitative estimate of drug-likeness (QED) is 0.593. The first kappa shape index (κ1) is 20.4. The summed E-state index contributed by atoms with van der Waals surface area (Å²) in [6.45, 7) is 2.28. The van der Waals surface area contributed by atoms with Crippen LogP contribution in [0.25, 0.3) is 12.2 Å². The normalized spacial score (nSPS) is 14.1. The molecule has 0 saturated heterocycles. The van der Waals surface area contributed by atoms with Crippen molar-refractivity contribution in [3.63, 3.8) is 0 Å². The van der Waals surface area contributed by atoms with Crippen LogP contribution in [0, 0.1) is 0 Å². The van der Waals surface area contributed by atoms with Gasteiger partial charge in [0.05, 0.1) is 22.8 Å². The molecule has 30 heavy (non-hydrogen) atoms. The van der Waals surface area contributed by atoms with Gasteiger partial charge in [-0.1, -0.05) is 36.4 Å². The van der Waals surface area contributed by atoms with Crippen LogP contribution in [0.15, 0.2) is 51.7 Å². The molecule has 154 valence electrons. The van der Waals surface area contributed by atoms with Gasteiger partial charge in [-0.3, -0.25) is 9.69 Å². The molecule has 1 aliphatic heterocycles. The lowest BCUT2D eigenvalue weighted by Crippen LogP contribution is -2.35. The zero-order valence-corrected chi connectivity index (χ0v) is 18.1. The van der Waals surface area contributed by atoms with E-state index in [1.165, 1.54) is 12.7 Å². The molecule has 0 amide bonds. The molecule has 0 saturated carbocycles. The highest BCUT2D eigenvalue weighted by molar-refractivity contribution is 9.10. The Labute approximate surface area is 183 Å². The van der Waals surface area contributed by atoms with Gasteiger partial charge in [-0.05, 0) is 45.3 Å². The van der Waals surface area contributed by atoms with E-state index in [0.29, 0.717) is 22.6 Å². The number of fused-ring (bicyclic) bond motifs is 1. The van der Waals surface area contributed by atoms with Crippen LogP contribution in [0.4, 0.5) is 0 Å². The fourth-order valence-corrected chi connectivity index (χ4v) is 4.04. The monoisotopic (exact) mass is 467 g/mol. The van der Waals surface area contributed by atoms with Crippen molar-refractivity contribution in [1.82, 2.24) is 14.9 Å². The van der Waals surface area contributed by atoms with Crippen molar-refractivity contribution in [2.24, 2.45) is 0 Å². The molecule has 1 aromatic heterocycles. The number of phenols is 1. The third-order valence-electron chi connectivity index (χ3n) is 5.12. The summed E-state index contributed by atoms with van der Waals surface area (Å²) in [6, 6.07) is 13.8. The van der Waals surface area contributed by atoms with Crippen molar-refractivity contribution >= 4 is 28.1 Å². The van der Waals surface area contributed by atoms with Gasteiger partial charge in [-0.15, -0.1) is 0 Å². The summed E-state index contributed by atoms with van der Waals surface area (Å²) in [6.07, 6.45) is 4.32. The Kier molecular flexibility index (Phi) is 6.01. The number of hydrogen-bond donors (Lipinski definition) is 2. The Bertz CT molecular complexity index is 1140. The van der Waals surface area contributed by atoms with E-state index in [2.05, 4.69) is 42.9 Å². The van der Waals surface area contributed by atoms with Gasteiger partial charge in [0.15, 0.2) is 11.5 Å². The molecule has 2 heterocycles. The largest absolute Gasteiger partial charge is 0.503 e. The Hall–Kier alpha value is -2.90. The van der Waals surface area contributed by atoms with Gasteiger partial charge in [0, 0.05) is 26.1 Å². The minimum Gasteiger partial charge on any atom is -0.503 e. The minimum atomic E-state index is -0.0955. The second kappa shape index (κ2) is 8.85. The van der Waals surface area contributed by atoms with Crippen molar-refractivity contribution in [2.75, 3.05) is 13.7 Å². The standard InChI is InChI=1S/C23H22BrN3O3/c1-30-20-12-16(11-18(24)22(20)28)7-8-21-25-19-9-10-27(14-17(19)23(29)26-21)13-15-5-3-2-4-6-15/h2-8,11-12,28H,9-10,13-14H2,1H3,(H,25,26,29)/b8-7+.